The molecule has 0 saturated heterocycles. The highest BCUT2D eigenvalue weighted by atomic mass is 35.5. The number of hydrogen-bond donors (Lipinski definition) is 1. The number of nitrogens with one attached hydrogen (secondary N) is 1. The highest BCUT2D eigenvalue weighted by Gasteiger charge is 2.10. The maximum absolute atomic E-state index is 11.6. The van der Waals surface area contributed by atoms with Gasteiger partial charge < -0.3 is 24.7 Å². The Kier molecular flexibility index (Phi) is 7.76. The monoisotopic (exact) mass is 410 g/mol. The van der Waals surface area contributed by atoms with Crippen LogP contribution in [0.15, 0.2) is 36.4 Å². The molecule has 1 amide bonds. The van der Waals surface area contributed by atoms with Crippen LogP contribution in [-0.4, -0.2) is 19.0 Å². The van der Waals surface area contributed by atoms with Crippen LogP contribution in [0.2, 0.25) is 10.0 Å². The third-order valence-electron chi connectivity index (χ3n) is 3.71. The molecule has 1 N–H and O–H groups in total. The fraction of sp³-hybridized carbons (Fsp3) is 0.263. The van der Waals surface area contributed by atoms with Crippen molar-refractivity contribution in [1.82, 2.24) is 5.32 Å². The largest absolute Gasteiger partial charge is 0.550 e. The Balaban J connectivity index is 1.99. The van der Waals surface area contributed by atoms with E-state index in [4.69, 9.17) is 32.7 Å². The van der Waals surface area contributed by atoms with Gasteiger partial charge >= 0.3 is 0 Å². The summed E-state index contributed by atoms with van der Waals surface area (Å²) in [5, 5.41) is 14.0. The minimum absolute atomic E-state index is 0.126. The lowest BCUT2D eigenvalue weighted by Gasteiger charge is -2.14. The summed E-state index contributed by atoms with van der Waals surface area (Å²) >= 11 is 12.3. The van der Waals surface area contributed by atoms with E-state index in [-0.39, 0.29) is 31.9 Å². The Morgan fingerprint density at radius 1 is 1.07 bits per heavy atom. The van der Waals surface area contributed by atoms with Crippen molar-refractivity contribution in [3.63, 3.8) is 0 Å². The number of hydrogen-bond acceptors (Lipinski definition) is 5. The molecule has 0 heterocycles. The quantitative estimate of drug-likeness (QED) is 0.686. The fourth-order valence-electron chi connectivity index (χ4n) is 2.27. The van der Waals surface area contributed by atoms with Crippen molar-refractivity contribution in [1.29, 1.82) is 0 Å². The minimum Gasteiger partial charge on any atom is -0.550 e. The third-order valence-corrected chi connectivity index (χ3v) is 4.42. The Morgan fingerprint density at radius 3 is 2.41 bits per heavy atom. The van der Waals surface area contributed by atoms with Gasteiger partial charge in [-0.05, 0) is 36.2 Å². The molecule has 8 heteroatoms. The molecule has 0 aliphatic heterocycles. The maximum atomic E-state index is 11.6. The number of carboxylic acids is 1. The van der Waals surface area contributed by atoms with Crippen molar-refractivity contribution in [2.24, 2.45) is 0 Å². The van der Waals surface area contributed by atoms with Gasteiger partial charge in [0.05, 0.1) is 7.11 Å². The molecular formula is C19H18Cl2NO5-. The standard InChI is InChI=1S/C19H19Cl2NO5/c1-26-17-9-12(10-22-18(23)7-8-19(24)25)5-6-16(17)27-11-13-14(20)3-2-4-15(13)21/h2-6,9H,7-8,10-11H2,1H3,(H,22,23)(H,24,25)/p-1. The van der Waals surface area contributed by atoms with Crippen LogP contribution in [0.3, 0.4) is 0 Å². The topological polar surface area (TPSA) is 87.7 Å². The molecule has 0 unspecified atom stereocenters. The van der Waals surface area contributed by atoms with Crippen molar-refractivity contribution in [3.05, 3.63) is 57.6 Å². The molecule has 0 bridgehead atoms. The molecule has 2 rings (SSSR count). The molecule has 2 aromatic carbocycles. The summed E-state index contributed by atoms with van der Waals surface area (Å²) in [4.78, 5) is 21.9. The van der Waals surface area contributed by atoms with E-state index in [0.717, 1.165) is 5.56 Å². The van der Waals surface area contributed by atoms with E-state index in [1.807, 2.05) is 0 Å². The number of amides is 1. The second-order valence-corrected chi connectivity index (χ2v) is 6.44. The van der Waals surface area contributed by atoms with Crippen molar-refractivity contribution < 1.29 is 24.2 Å². The lowest BCUT2D eigenvalue weighted by atomic mass is 10.2. The smallest absolute Gasteiger partial charge is 0.220 e. The number of carbonyl (C=O) groups is 2. The van der Waals surface area contributed by atoms with E-state index in [1.165, 1.54) is 7.11 Å². The van der Waals surface area contributed by atoms with Gasteiger partial charge in [-0.1, -0.05) is 35.3 Å². The summed E-state index contributed by atoms with van der Waals surface area (Å²) in [7, 11) is 1.51. The molecule has 0 fully saturated rings. The highest BCUT2D eigenvalue weighted by Crippen LogP contribution is 2.31. The van der Waals surface area contributed by atoms with Crippen LogP contribution in [0, 0.1) is 0 Å². The van der Waals surface area contributed by atoms with Crippen molar-refractivity contribution in [2.45, 2.75) is 26.0 Å². The molecule has 0 aromatic heterocycles. The number of halogens is 2. The highest BCUT2D eigenvalue weighted by molar-refractivity contribution is 6.35. The van der Waals surface area contributed by atoms with Crippen LogP contribution in [-0.2, 0) is 22.7 Å². The first-order valence-electron chi connectivity index (χ1n) is 8.10. The second kappa shape index (κ2) is 10.0. The van der Waals surface area contributed by atoms with E-state index in [1.54, 1.807) is 36.4 Å². The Hall–Kier alpha value is -2.44. The van der Waals surface area contributed by atoms with E-state index >= 15 is 0 Å². The lowest BCUT2D eigenvalue weighted by Crippen LogP contribution is -2.27. The first-order valence-corrected chi connectivity index (χ1v) is 8.85. The van der Waals surface area contributed by atoms with Crippen LogP contribution >= 0.6 is 23.2 Å². The molecule has 0 saturated carbocycles. The van der Waals surface area contributed by atoms with E-state index in [0.29, 0.717) is 27.1 Å². The van der Waals surface area contributed by atoms with Crippen LogP contribution < -0.4 is 19.9 Å². The first kappa shape index (κ1) is 20.9. The van der Waals surface area contributed by atoms with Gasteiger partial charge in [-0.15, -0.1) is 0 Å². The van der Waals surface area contributed by atoms with Crippen molar-refractivity contribution >= 4 is 35.1 Å². The third kappa shape index (κ3) is 6.34. The van der Waals surface area contributed by atoms with Gasteiger partial charge in [0.2, 0.25) is 5.91 Å². The first-order chi connectivity index (χ1) is 12.9. The fourth-order valence-corrected chi connectivity index (χ4v) is 2.77. The summed E-state index contributed by atoms with van der Waals surface area (Å²) in [5.41, 5.74) is 1.45. The number of methoxy groups -OCH3 is 1. The molecule has 0 aliphatic carbocycles. The van der Waals surface area contributed by atoms with Gasteiger partial charge in [0.15, 0.2) is 11.5 Å². The van der Waals surface area contributed by atoms with Crippen molar-refractivity contribution in [3.8, 4) is 11.5 Å². The summed E-state index contributed by atoms with van der Waals surface area (Å²) in [6.07, 6.45) is -0.439. The number of rotatable bonds is 9. The van der Waals surface area contributed by atoms with Crippen molar-refractivity contribution in [2.75, 3.05) is 7.11 Å². The molecule has 6 nitrogen and oxygen atoms in total. The number of carboxylic acid groups (broad SMARTS) is 1. The lowest BCUT2D eigenvalue weighted by molar-refractivity contribution is -0.305. The Bertz CT molecular complexity index is 805. The molecule has 2 aromatic rings. The molecule has 0 aliphatic rings. The average Bonchev–Trinajstić information content (AvgIpc) is 2.64. The molecular weight excluding hydrogens is 393 g/mol. The average molecular weight is 411 g/mol. The molecule has 0 radical (unpaired) electrons. The zero-order valence-electron chi connectivity index (χ0n) is 14.6. The van der Waals surface area contributed by atoms with E-state index < -0.39 is 5.97 Å². The van der Waals surface area contributed by atoms with Crippen LogP contribution in [0.5, 0.6) is 11.5 Å². The number of aliphatic carboxylic acids is 1. The summed E-state index contributed by atoms with van der Waals surface area (Å²) < 4.78 is 11.1. The molecule has 0 atom stereocenters. The summed E-state index contributed by atoms with van der Waals surface area (Å²) in [6, 6.07) is 10.4. The molecule has 144 valence electrons. The predicted octanol–water partition coefficient (Wildman–Crippen LogP) is 2.73. The second-order valence-electron chi connectivity index (χ2n) is 5.62. The van der Waals surface area contributed by atoms with Crippen LogP contribution in [0.25, 0.3) is 0 Å². The molecule has 0 spiro atoms. The van der Waals surface area contributed by atoms with E-state index in [9.17, 15) is 14.7 Å². The van der Waals surface area contributed by atoms with Gasteiger partial charge in [-0.3, -0.25) is 4.79 Å². The zero-order chi connectivity index (χ0) is 19.8. The predicted molar refractivity (Wildman–Crippen MR) is 99.9 cm³/mol. The van der Waals surface area contributed by atoms with Gasteiger partial charge in [0.1, 0.15) is 6.61 Å². The van der Waals surface area contributed by atoms with Crippen LogP contribution in [0.1, 0.15) is 24.0 Å². The zero-order valence-corrected chi connectivity index (χ0v) is 16.1. The number of carbonyl (C=O) groups excluding carboxylic acids is 2. The SMILES string of the molecule is COc1cc(CNC(=O)CCC(=O)[O-])ccc1OCc1c(Cl)cccc1Cl. The van der Waals surface area contributed by atoms with Gasteiger partial charge in [-0.25, -0.2) is 0 Å². The minimum atomic E-state index is -1.26. The normalized spacial score (nSPS) is 10.3. The Labute approximate surface area is 167 Å². The summed E-state index contributed by atoms with van der Waals surface area (Å²) in [5.74, 6) is -0.640. The van der Waals surface area contributed by atoms with Gasteiger partial charge in [-0.2, -0.15) is 0 Å². The van der Waals surface area contributed by atoms with E-state index in [2.05, 4.69) is 5.32 Å². The van der Waals surface area contributed by atoms with Gasteiger partial charge in [0.25, 0.3) is 0 Å². The van der Waals surface area contributed by atoms with Gasteiger partial charge in [0, 0.05) is 34.5 Å². The van der Waals surface area contributed by atoms with Crippen LogP contribution in [0.4, 0.5) is 0 Å². The Morgan fingerprint density at radius 2 is 1.78 bits per heavy atom. The number of ether oxygens (including phenoxy) is 2. The number of benzene rings is 2. The maximum Gasteiger partial charge on any atom is 0.220 e. The summed E-state index contributed by atoms with van der Waals surface area (Å²) in [6.45, 7) is 0.410. The molecule has 27 heavy (non-hydrogen) atoms.